The van der Waals surface area contributed by atoms with Gasteiger partial charge in [0.05, 0.1) is 24.6 Å². The highest BCUT2D eigenvalue weighted by Crippen LogP contribution is 2.34. The summed E-state index contributed by atoms with van der Waals surface area (Å²) in [4.78, 5) is 25.7. The first-order valence-corrected chi connectivity index (χ1v) is 10.7. The molecule has 0 saturated heterocycles. The molecule has 3 aromatic rings. The van der Waals surface area contributed by atoms with Crippen molar-refractivity contribution in [3.63, 3.8) is 0 Å². The number of carbonyl (C=O) groups excluding carboxylic acids is 1. The predicted octanol–water partition coefficient (Wildman–Crippen LogP) is 5.46. The van der Waals surface area contributed by atoms with Gasteiger partial charge in [-0.2, -0.15) is 13.2 Å². The molecule has 0 aliphatic rings. The average molecular weight is 483 g/mol. The number of pyridine rings is 1. The van der Waals surface area contributed by atoms with Gasteiger partial charge in [0.15, 0.2) is 5.75 Å². The monoisotopic (exact) mass is 482 g/mol. The van der Waals surface area contributed by atoms with E-state index in [2.05, 4.69) is 5.32 Å². The summed E-state index contributed by atoms with van der Waals surface area (Å²) in [5, 5.41) is 2.89. The van der Waals surface area contributed by atoms with Crippen LogP contribution in [0.15, 0.2) is 70.5 Å². The number of thioether (sulfide) groups is 1. The van der Waals surface area contributed by atoms with Crippen molar-refractivity contribution in [3.8, 4) is 5.75 Å². The molecule has 0 spiro atoms. The minimum absolute atomic E-state index is 0.0220. The van der Waals surface area contributed by atoms with Crippen molar-refractivity contribution in [2.75, 3.05) is 12.4 Å². The highest BCUT2D eigenvalue weighted by molar-refractivity contribution is 7.98. The van der Waals surface area contributed by atoms with Gasteiger partial charge >= 0.3 is 6.18 Å². The first-order chi connectivity index (χ1) is 15.2. The van der Waals surface area contributed by atoms with Crippen molar-refractivity contribution in [3.05, 3.63) is 87.3 Å². The standard InChI is InChI=1S/C22H18ClF3N2O3S/c1-31-20-11-28(12-21(30)27-18-5-3-2-4-17(18)22(24,25)26)15(10-19(20)29)13-32-16-8-6-14(23)7-9-16/h2-11H,12-13H2,1H3,(H,27,30). The number of alkyl halides is 3. The van der Waals surface area contributed by atoms with Crippen molar-refractivity contribution in [1.29, 1.82) is 0 Å². The number of nitrogens with zero attached hydrogens (tertiary/aromatic N) is 1. The van der Waals surface area contributed by atoms with Gasteiger partial charge in [-0.1, -0.05) is 23.7 Å². The number of methoxy groups -OCH3 is 1. The maximum absolute atomic E-state index is 13.2. The highest BCUT2D eigenvalue weighted by atomic mass is 35.5. The minimum Gasteiger partial charge on any atom is -0.491 e. The molecule has 0 bridgehead atoms. The smallest absolute Gasteiger partial charge is 0.418 e. The van der Waals surface area contributed by atoms with Crippen molar-refractivity contribution in [2.45, 2.75) is 23.4 Å². The largest absolute Gasteiger partial charge is 0.491 e. The van der Waals surface area contributed by atoms with E-state index in [9.17, 15) is 22.8 Å². The molecule has 0 fully saturated rings. The summed E-state index contributed by atoms with van der Waals surface area (Å²) in [6.07, 6.45) is -3.24. The quantitative estimate of drug-likeness (QED) is 0.454. The Morgan fingerprint density at radius 3 is 2.50 bits per heavy atom. The summed E-state index contributed by atoms with van der Waals surface area (Å²) in [5.41, 5.74) is -1.13. The zero-order valence-electron chi connectivity index (χ0n) is 16.8. The molecular weight excluding hydrogens is 465 g/mol. The fourth-order valence-corrected chi connectivity index (χ4v) is 3.91. The van der Waals surface area contributed by atoms with Crippen LogP contribution in [0.3, 0.4) is 0 Å². The number of benzene rings is 2. The topological polar surface area (TPSA) is 60.3 Å². The molecule has 0 aliphatic carbocycles. The lowest BCUT2D eigenvalue weighted by Crippen LogP contribution is -2.24. The van der Waals surface area contributed by atoms with Gasteiger partial charge in [0.2, 0.25) is 11.3 Å². The number of rotatable bonds is 7. The predicted molar refractivity (Wildman–Crippen MR) is 118 cm³/mol. The third kappa shape index (κ3) is 6.08. The van der Waals surface area contributed by atoms with Crippen LogP contribution in [-0.4, -0.2) is 17.6 Å². The summed E-state index contributed by atoms with van der Waals surface area (Å²) in [5.74, 6) is -0.313. The summed E-state index contributed by atoms with van der Waals surface area (Å²) in [6, 6.07) is 13.2. The van der Waals surface area contributed by atoms with Crippen molar-refractivity contribution in [2.24, 2.45) is 0 Å². The number of anilines is 1. The van der Waals surface area contributed by atoms with Gasteiger partial charge in [-0.15, -0.1) is 11.8 Å². The average Bonchev–Trinajstić information content (AvgIpc) is 2.74. The Hall–Kier alpha value is -2.91. The van der Waals surface area contributed by atoms with Crippen molar-refractivity contribution >= 4 is 35.0 Å². The van der Waals surface area contributed by atoms with Gasteiger partial charge in [-0.25, -0.2) is 0 Å². The first-order valence-electron chi connectivity index (χ1n) is 9.29. The summed E-state index contributed by atoms with van der Waals surface area (Å²) in [7, 11) is 1.32. The molecule has 2 aromatic carbocycles. The van der Waals surface area contributed by atoms with Crippen molar-refractivity contribution in [1.82, 2.24) is 4.57 Å². The molecule has 10 heteroatoms. The third-order valence-corrected chi connectivity index (χ3v) is 5.72. The Morgan fingerprint density at radius 1 is 1.16 bits per heavy atom. The van der Waals surface area contributed by atoms with E-state index in [1.54, 1.807) is 12.1 Å². The van der Waals surface area contributed by atoms with Gasteiger partial charge < -0.3 is 14.6 Å². The summed E-state index contributed by atoms with van der Waals surface area (Å²) >= 11 is 7.30. The highest BCUT2D eigenvalue weighted by Gasteiger charge is 2.33. The Bertz CT molecular complexity index is 1160. The second-order valence-corrected chi connectivity index (χ2v) is 8.14. The van der Waals surface area contributed by atoms with Crippen LogP contribution in [0.4, 0.5) is 18.9 Å². The molecule has 1 N–H and O–H groups in total. The number of amides is 1. The maximum Gasteiger partial charge on any atom is 0.418 e. The van der Waals surface area contributed by atoms with E-state index in [-0.39, 0.29) is 23.4 Å². The van der Waals surface area contributed by atoms with Gasteiger partial charge in [0, 0.05) is 27.4 Å². The van der Waals surface area contributed by atoms with Crippen LogP contribution in [0.1, 0.15) is 11.3 Å². The second-order valence-electron chi connectivity index (χ2n) is 6.66. The van der Waals surface area contributed by atoms with E-state index in [4.69, 9.17) is 16.3 Å². The second kappa shape index (κ2) is 10.1. The fraction of sp³-hybridized carbons (Fsp3) is 0.182. The normalized spacial score (nSPS) is 11.3. The Balaban J connectivity index is 1.82. The summed E-state index contributed by atoms with van der Waals surface area (Å²) in [6.45, 7) is -0.306. The molecular formula is C22H18ClF3N2O3S. The van der Waals surface area contributed by atoms with E-state index >= 15 is 0 Å². The number of hydrogen-bond donors (Lipinski definition) is 1. The van der Waals surface area contributed by atoms with E-state index in [0.29, 0.717) is 16.5 Å². The van der Waals surface area contributed by atoms with Crippen LogP contribution in [0, 0.1) is 0 Å². The first kappa shape index (κ1) is 23.7. The van der Waals surface area contributed by atoms with Crippen LogP contribution in [-0.2, 0) is 23.3 Å². The number of ether oxygens (including phenoxy) is 1. The number of para-hydroxylation sites is 1. The molecule has 5 nitrogen and oxygen atoms in total. The lowest BCUT2D eigenvalue weighted by atomic mass is 10.1. The van der Waals surface area contributed by atoms with E-state index in [1.807, 2.05) is 12.1 Å². The number of aromatic nitrogens is 1. The molecule has 0 aliphatic heterocycles. The van der Waals surface area contributed by atoms with Crippen LogP contribution >= 0.6 is 23.4 Å². The zero-order chi connectivity index (χ0) is 23.3. The Labute approximate surface area is 191 Å². The number of nitrogens with one attached hydrogen (secondary N) is 1. The van der Waals surface area contributed by atoms with E-state index < -0.39 is 17.6 Å². The molecule has 32 heavy (non-hydrogen) atoms. The maximum atomic E-state index is 13.2. The van der Waals surface area contributed by atoms with Gasteiger partial charge in [-0.05, 0) is 36.4 Å². The van der Waals surface area contributed by atoms with Crippen LogP contribution in [0.25, 0.3) is 0 Å². The molecule has 0 radical (unpaired) electrons. The summed E-state index contributed by atoms with van der Waals surface area (Å²) < 4.78 is 46.1. The van der Waals surface area contributed by atoms with E-state index in [1.165, 1.54) is 53.9 Å². The van der Waals surface area contributed by atoms with Crippen LogP contribution in [0.5, 0.6) is 5.75 Å². The molecule has 168 valence electrons. The zero-order valence-corrected chi connectivity index (χ0v) is 18.4. The molecule has 0 saturated carbocycles. The van der Waals surface area contributed by atoms with Crippen molar-refractivity contribution < 1.29 is 22.7 Å². The van der Waals surface area contributed by atoms with Gasteiger partial charge in [0.1, 0.15) is 6.54 Å². The molecule has 0 unspecified atom stereocenters. The molecule has 3 rings (SSSR count). The van der Waals surface area contributed by atoms with E-state index in [0.717, 1.165) is 11.0 Å². The third-order valence-electron chi connectivity index (χ3n) is 4.42. The molecule has 0 atom stereocenters. The molecule has 1 amide bonds. The fourth-order valence-electron chi connectivity index (χ4n) is 2.89. The Morgan fingerprint density at radius 2 is 1.84 bits per heavy atom. The van der Waals surface area contributed by atoms with Gasteiger partial charge in [-0.3, -0.25) is 9.59 Å². The lowest BCUT2D eigenvalue weighted by molar-refractivity contribution is -0.137. The van der Waals surface area contributed by atoms with Crippen LogP contribution in [0.2, 0.25) is 5.02 Å². The number of carbonyl (C=O) groups is 1. The SMILES string of the molecule is COc1cn(CC(=O)Nc2ccccc2C(F)(F)F)c(CSc2ccc(Cl)cc2)cc1=O. The lowest BCUT2D eigenvalue weighted by Gasteiger charge is -2.17. The number of hydrogen-bond acceptors (Lipinski definition) is 4. The minimum atomic E-state index is -4.61. The van der Waals surface area contributed by atoms with Gasteiger partial charge in [0.25, 0.3) is 0 Å². The Kier molecular flexibility index (Phi) is 7.52. The molecule has 1 heterocycles. The number of halogens is 4. The molecule has 1 aromatic heterocycles. The van der Waals surface area contributed by atoms with Crippen LogP contribution < -0.4 is 15.5 Å².